The Morgan fingerprint density at radius 1 is 1.06 bits per heavy atom. The first-order valence-electron chi connectivity index (χ1n) is 6.69. The maximum Gasteiger partial charge on any atom is 0.148 e. The van der Waals surface area contributed by atoms with E-state index in [9.17, 15) is 8.42 Å². The SMILES string of the molecule is CS(=O)(=O)CCN1CCC(N2CCCC2)CC1. The Bertz CT molecular complexity index is 328. The summed E-state index contributed by atoms with van der Waals surface area (Å²) in [4.78, 5) is 4.92. The second kappa shape index (κ2) is 5.67. The van der Waals surface area contributed by atoms with Gasteiger partial charge in [0.25, 0.3) is 0 Å². The summed E-state index contributed by atoms with van der Waals surface area (Å²) in [5.41, 5.74) is 0. The van der Waals surface area contributed by atoms with Crippen molar-refractivity contribution < 1.29 is 8.42 Å². The molecular formula is C12H24N2O2S. The van der Waals surface area contributed by atoms with Crippen LogP contribution in [0.4, 0.5) is 0 Å². The van der Waals surface area contributed by atoms with Crippen molar-refractivity contribution in [3.8, 4) is 0 Å². The van der Waals surface area contributed by atoms with Crippen LogP contribution >= 0.6 is 0 Å². The Morgan fingerprint density at radius 2 is 1.65 bits per heavy atom. The van der Waals surface area contributed by atoms with Crippen LogP contribution in [0.2, 0.25) is 0 Å². The Hall–Kier alpha value is -0.130. The molecule has 0 aromatic carbocycles. The number of piperidine rings is 1. The van der Waals surface area contributed by atoms with E-state index in [4.69, 9.17) is 0 Å². The fraction of sp³-hybridized carbons (Fsp3) is 1.00. The molecule has 5 heteroatoms. The third-order valence-electron chi connectivity index (χ3n) is 3.99. The van der Waals surface area contributed by atoms with E-state index in [1.807, 2.05) is 0 Å². The van der Waals surface area contributed by atoms with Gasteiger partial charge < -0.3 is 9.80 Å². The van der Waals surface area contributed by atoms with Gasteiger partial charge in [0.05, 0.1) is 5.75 Å². The molecule has 100 valence electrons. The van der Waals surface area contributed by atoms with E-state index in [-0.39, 0.29) is 0 Å². The predicted octanol–water partition coefficient (Wildman–Crippen LogP) is 0.591. The molecule has 0 radical (unpaired) electrons. The first-order valence-corrected chi connectivity index (χ1v) is 8.75. The zero-order valence-corrected chi connectivity index (χ0v) is 11.6. The van der Waals surface area contributed by atoms with Gasteiger partial charge >= 0.3 is 0 Å². The van der Waals surface area contributed by atoms with Crippen molar-refractivity contribution in [2.24, 2.45) is 0 Å². The molecule has 2 fully saturated rings. The van der Waals surface area contributed by atoms with Crippen LogP contribution in [0.15, 0.2) is 0 Å². The molecule has 0 aromatic heterocycles. The van der Waals surface area contributed by atoms with Gasteiger partial charge in [-0.05, 0) is 51.9 Å². The highest BCUT2D eigenvalue weighted by atomic mass is 32.2. The molecule has 0 aliphatic carbocycles. The molecule has 0 aromatic rings. The van der Waals surface area contributed by atoms with Crippen LogP contribution in [0, 0.1) is 0 Å². The predicted molar refractivity (Wildman–Crippen MR) is 70.0 cm³/mol. The summed E-state index contributed by atoms with van der Waals surface area (Å²) in [5, 5.41) is 0. The Kier molecular flexibility index (Phi) is 4.44. The molecule has 2 saturated heterocycles. The molecule has 2 aliphatic rings. The standard InChI is InChI=1S/C12H24N2O2S/c1-17(15,16)11-10-13-8-4-12(5-9-13)14-6-2-3-7-14/h12H,2-11H2,1H3. The van der Waals surface area contributed by atoms with E-state index in [2.05, 4.69) is 9.80 Å². The van der Waals surface area contributed by atoms with Crippen LogP contribution in [0.1, 0.15) is 25.7 Å². The van der Waals surface area contributed by atoms with E-state index in [0.29, 0.717) is 12.3 Å². The van der Waals surface area contributed by atoms with E-state index < -0.39 is 9.84 Å². The summed E-state index contributed by atoms with van der Waals surface area (Å²) >= 11 is 0. The average Bonchev–Trinajstić information content (AvgIpc) is 2.79. The molecule has 2 rings (SSSR count). The van der Waals surface area contributed by atoms with Crippen LogP contribution in [-0.2, 0) is 9.84 Å². The van der Waals surface area contributed by atoms with E-state index in [0.717, 1.165) is 19.1 Å². The molecule has 0 bridgehead atoms. The zero-order valence-electron chi connectivity index (χ0n) is 10.8. The third-order valence-corrected chi connectivity index (χ3v) is 4.92. The van der Waals surface area contributed by atoms with Crippen molar-refractivity contribution in [1.29, 1.82) is 0 Å². The monoisotopic (exact) mass is 260 g/mol. The number of nitrogens with zero attached hydrogens (tertiary/aromatic N) is 2. The number of sulfone groups is 1. The maximum absolute atomic E-state index is 11.1. The highest BCUT2D eigenvalue weighted by molar-refractivity contribution is 7.90. The second-order valence-corrected chi connectivity index (χ2v) is 7.71. The van der Waals surface area contributed by atoms with Crippen LogP contribution in [-0.4, -0.2) is 69.0 Å². The molecule has 2 aliphatic heterocycles. The first kappa shape index (κ1) is 13.3. The van der Waals surface area contributed by atoms with Crippen molar-refractivity contribution in [3.05, 3.63) is 0 Å². The summed E-state index contributed by atoms with van der Waals surface area (Å²) in [6.07, 6.45) is 6.46. The Morgan fingerprint density at radius 3 is 2.18 bits per heavy atom. The smallest absolute Gasteiger partial charge is 0.148 e. The lowest BCUT2D eigenvalue weighted by atomic mass is 10.0. The van der Waals surface area contributed by atoms with E-state index in [1.54, 1.807) is 0 Å². The topological polar surface area (TPSA) is 40.6 Å². The first-order chi connectivity index (χ1) is 8.04. The van der Waals surface area contributed by atoms with E-state index in [1.165, 1.54) is 45.0 Å². The molecule has 4 nitrogen and oxygen atoms in total. The minimum Gasteiger partial charge on any atom is -0.302 e. The average molecular weight is 260 g/mol. The summed E-state index contributed by atoms with van der Waals surface area (Å²) in [6.45, 7) is 5.39. The molecule has 2 heterocycles. The highest BCUT2D eigenvalue weighted by Gasteiger charge is 2.26. The fourth-order valence-corrected chi connectivity index (χ4v) is 3.50. The van der Waals surface area contributed by atoms with Gasteiger partial charge in [0.1, 0.15) is 9.84 Å². The van der Waals surface area contributed by atoms with Gasteiger partial charge in [-0.3, -0.25) is 0 Å². The Labute approximate surface area is 105 Å². The van der Waals surface area contributed by atoms with Crippen LogP contribution in [0.25, 0.3) is 0 Å². The molecule has 0 amide bonds. The van der Waals surface area contributed by atoms with Gasteiger partial charge in [-0.1, -0.05) is 0 Å². The van der Waals surface area contributed by atoms with Gasteiger partial charge in [0.2, 0.25) is 0 Å². The minimum atomic E-state index is -2.80. The van der Waals surface area contributed by atoms with Crippen molar-refractivity contribution in [1.82, 2.24) is 9.80 Å². The molecule has 0 N–H and O–H groups in total. The summed E-state index contributed by atoms with van der Waals surface area (Å²) in [5.74, 6) is 0.307. The normalized spacial score (nSPS) is 25.5. The van der Waals surface area contributed by atoms with Gasteiger partial charge in [0.15, 0.2) is 0 Å². The van der Waals surface area contributed by atoms with Gasteiger partial charge in [0, 0.05) is 18.8 Å². The molecule has 0 spiro atoms. The molecular weight excluding hydrogens is 236 g/mol. The van der Waals surface area contributed by atoms with Crippen molar-refractivity contribution in [2.45, 2.75) is 31.7 Å². The zero-order chi connectivity index (χ0) is 12.3. The fourth-order valence-electron chi connectivity index (χ4n) is 2.91. The van der Waals surface area contributed by atoms with Crippen LogP contribution in [0.5, 0.6) is 0 Å². The van der Waals surface area contributed by atoms with Gasteiger partial charge in [-0.25, -0.2) is 8.42 Å². The van der Waals surface area contributed by atoms with Crippen LogP contribution in [0.3, 0.4) is 0 Å². The quantitative estimate of drug-likeness (QED) is 0.742. The number of likely N-dealkylation sites (tertiary alicyclic amines) is 2. The lowest BCUT2D eigenvalue weighted by molar-refractivity contribution is 0.131. The molecule has 0 saturated carbocycles. The molecule has 0 unspecified atom stereocenters. The van der Waals surface area contributed by atoms with Gasteiger partial charge in [-0.15, -0.1) is 0 Å². The summed E-state index contributed by atoms with van der Waals surface area (Å²) in [7, 11) is -2.80. The third kappa shape index (κ3) is 4.23. The molecule has 17 heavy (non-hydrogen) atoms. The van der Waals surface area contributed by atoms with Gasteiger partial charge in [-0.2, -0.15) is 0 Å². The van der Waals surface area contributed by atoms with E-state index >= 15 is 0 Å². The number of rotatable bonds is 4. The summed E-state index contributed by atoms with van der Waals surface area (Å²) < 4.78 is 22.2. The van der Waals surface area contributed by atoms with Crippen molar-refractivity contribution >= 4 is 9.84 Å². The van der Waals surface area contributed by atoms with Crippen molar-refractivity contribution in [2.75, 3.05) is 44.7 Å². The summed E-state index contributed by atoms with van der Waals surface area (Å²) in [6, 6.07) is 0.756. The minimum absolute atomic E-state index is 0.307. The number of hydrogen-bond acceptors (Lipinski definition) is 4. The maximum atomic E-state index is 11.1. The largest absolute Gasteiger partial charge is 0.302 e. The van der Waals surface area contributed by atoms with Crippen molar-refractivity contribution in [3.63, 3.8) is 0 Å². The Balaban J connectivity index is 1.70. The lowest BCUT2D eigenvalue weighted by Gasteiger charge is -2.36. The molecule has 0 atom stereocenters. The van der Waals surface area contributed by atoms with Crippen LogP contribution < -0.4 is 0 Å². The second-order valence-electron chi connectivity index (χ2n) is 5.45. The number of hydrogen-bond donors (Lipinski definition) is 0. The lowest BCUT2D eigenvalue weighted by Crippen LogP contribution is -2.44. The highest BCUT2D eigenvalue weighted by Crippen LogP contribution is 2.20.